The van der Waals surface area contributed by atoms with Gasteiger partial charge in [-0.1, -0.05) is 26.8 Å². The van der Waals surface area contributed by atoms with Crippen molar-refractivity contribution in [1.29, 1.82) is 0 Å². The molecule has 108 valence electrons. The van der Waals surface area contributed by atoms with Gasteiger partial charge in [-0.2, -0.15) is 0 Å². The summed E-state index contributed by atoms with van der Waals surface area (Å²) in [6, 6.07) is 3.76. The second-order valence-corrected chi connectivity index (χ2v) is 5.81. The van der Waals surface area contributed by atoms with Gasteiger partial charge < -0.3 is 5.73 Å². The first-order valence-corrected chi connectivity index (χ1v) is 6.74. The Balaban J connectivity index is 2.77. The summed E-state index contributed by atoms with van der Waals surface area (Å²) in [6.07, 6.45) is 0.990. The van der Waals surface area contributed by atoms with Crippen molar-refractivity contribution in [3.8, 4) is 0 Å². The quantitative estimate of drug-likeness (QED) is 0.824. The number of nitrogens with two attached hydrogens (primary N) is 1. The van der Waals surface area contributed by atoms with Gasteiger partial charge >= 0.3 is 0 Å². The fourth-order valence-electron chi connectivity index (χ4n) is 2.09. The van der Waals surface area contributed by atoms with Crippen LogP contribution in [0.5, 0.6) is 0 Å². The van der Waals surface area contributed by atoms with Crippen LogP contribution in [0.4, 0.5) is 8.78 Å². The van der Waals surface area contributed by atoms with Gasteiger partial charge in [-0.3, -0.25) is 4.90 Å². The highest BCUT2D eigenvalue weighted by molar-refractivity contribution is 5.18. The number of nitrogens with zero attached hydrogens (tertiary/aromatic N) is 1. The maximum Gasteiger partial charge on any atom is 0.130 e. The van der Waals surface area contributed by atoms with Gasteiger partial charge in [0.2, 0.25) is 0 Å². The van der Waals surface area contributed by atoms with Crippen LogP contribution in [0.3, 0.4) is 0 Å². The van der Waals surface area contributed by atoms with E-state index in [1.165, 1.54) is 12.1 Å². The first-order valence-electron chi connectivity index (χ1n) is 6.74. The number of rotatable bonds is 7. The maximum absolute atomic E-state index is 13.7. The molecule has 0 amide bonds. The third-order valence-corrected chi connectivity index (χ3v) is 3.15. The van der Waals surface area contributed by atoms with E-state index in [9.17, 15) is 8.78 Å². The summed E-state index contributed by atoms with van der Waals surface area (Å²) in [5.74, 6) is -1.02. The van der Waals surface area contributed by atoms with Gasteiger partial charge in [-0.15, -0.1) is 0 Å². The molecule has 0 aliphatic rings. The van der Waals surface area contributed by atoms with E-state index in [1.54, 1.807) is 0 Å². The number of hydrogen-bond acceptors (Lipinski definition) is 2. The third kappa shape index (κ3) is 5.25. The first kappa shape index (κ1) is 16.1. The zero-order valence-electron chi connectivity index (χ0n) is 12.0. The predicted octanol–water partition coefficient (Wildman–Crippen LogP) is 3.16. The molecule has 0 heterocycles. The molecule has 0 bridgehead atoms. The number of hydrogen-bond donors (Lipinski definition) is 1. The Hall–Kier alpha value is -1.00. The molecule has 1 aromatic rings. The molecule has 0 aliphatic heterocycles. The molecule has 0 spiro atoms. The van der Waals surface area contributed by atoms with E-state index in [0.29, 0.717) is 18.7 Å². The molecule has 0 radical (unpaired) electrons. The van der Waals surface area contributed by atoms with Crippen molar-refractivity contribution in [3.05, 3.63) is 35.4 Å². The zero-order valence-corrected chi connectivity index (χ0v) is 12.0. The number of benzene rings is 1. The van der Waals surface area contributed by atoms with Crippen LogP contribution in [0.1, 0.15) is 32.8 Å². The average Bonchev–Trinajstić information content (AvgIpc) is 2.32. The Bertz CT molecular complexity index is 405. The van der Waals surface area contributed by atoms with E-state index in [2.05, 4.69) is 25.7 Å². The Morgan fingerprint density at radius 1 is 1.26 bits per heavy atom. The average molecular weight is 270 g/mol. The van der Waals surface area contributed by atoms with Crippen LogP contribution < -0.4 is 5.73 Å². The second kappa shape index (κ2) is 6.96. The van der Waals surface area contributed by atoms with E-state index in [-0.39, 0.29) is 5.41 Å². The lowest BCUT2D eigenvalue weighted by Crippen LogP contribution is -2.39. The van der Waals surface area contributed by atoms with Gasteiger partial charge in [-0.05, 0) is 31.0 Å². The lowest BCUT2D eigenvalue weighted by Gasteiger charge is -2.31. The van der Waals surface area contributed by atoms with Crippen LogP contribution in [-0.2, 0) is 6.54 Å². The maximum atomic E-state index is 13.7. The molecule has 0 aromatic heterocycles. The Labute approximate surface area is 114 Å². The van der Waals surface area contributed by atoms with Crippen LogP contribution in [-0.4, -0.2) is 24.5 Å². The van der Waals surface area contributed by atoms with Gasteiger partial charge in [0.05, 0.1) is 0 Å². The van der Waals surface area contributed by atoms with Gasteiger partial charge in [-0.25, -0.2) is 8.78 Å². The van der Waals surface area contributed by atoms with Gasteiger partial charge in [0.1, 0.15) is 11.6 Å². The van der Waals surface area contributed by atoms with Crippen LogP contribution in [0.25, 0.3) is 0 Å². The molecule has 0 atom stereocenters. The highest BCUT2D eigenvalue weighted by atomic mass is 19.1. The van der Waals surface area contributed by atoms with Crippen molar-refractivity contribution in [2.45, 2.75) is 33.7 Å². The van der Waals surface area contributed by atoms with Gasteiger partial charge in [0.25, 0.3) is 0 Å². The molecule has 1 aromatic carbocycles. The fourth-order valence-corrected chi connectivity index (χ4v) is 2.09. The van der Waals surface area contributed by atoms with E-state index in [1.807, 2.05) is 0 Å². The lowest BCUT2D eigenvalue weighted by atomic mass is 9.93. The minimum absolute atomic E-state index is 0.00826. The summed E-state index contributed by atoms with van der Waals surface area (Å²) < 4.78 is 26.6. The Morgan fingerprint density at radius 3 is 2.47 bits per heavy atom. The van der Waals surface area contributed by atoms with Crippen LogP contribution >= 0.6 is 0 Å². The molecule has 0 fully saturated rings. The first-order chi connectivity index (χ1) is 8.88. The van der Waals surface area contributed by atoms with Crippen molar-refractivity contribution in [2.24, 2.45) is 11.1 Å². The molecule has 0 saturated carbocycles. The van der Waals surface area contributed by atoms with E-state index < -0.39 is 11.6 Å². The van der Waals surface area contributed by atoms with Crippen LogP contribution in [0.15, 0.2) is 18.2 Å². The molecular weight excluding hydrogens is 246 g/mol. The minimum Gasteiger partial charge on any atom is -0.330 e. The summed E-state index contributed by atoms with van der Waals surface area (Å²) in [5.41, 5.74) is 6.27. The summed E-state index contributed by atoms with van der Waals surface area (Å²) in [4.78, 5) is 2.17. The third-order valence-electron chi connectivity index (χ3n) is 3.15. The predicted molar refractivity (Wildman–Crippen MR) is 74.8 cm³/mol. The minimum atomic E-state index is -0.537. The zero-order chi connectivity index (χ0) is 14.5. The molecule has 2 nitrogen and oxygen atoms in total. The molecule has 4 heteroatoms. The summed E-state index contributed by atoms with van der Waals surface area (Å²) in [5, 5.41) is 0. The van der Waals surface area contributed by atoms with Gasteiger partial charge in [0, 0.05) is 24.7 Å². The van der Waals surface area contributed by atoms with Crippen LogP contribution in [0.2, 0.25) is 0 Å². The van der Waals surface area contributed by atoms with E-state index in [0.717, 1.165) is 25.6 Å². The largest absolute Gasteiger partial charge is 0.330 e. The second-order valence-electron chi connectivity index (χ2n) is 5.81. The lowest BCUT2D eigenvalue weighted by molar-refractivity contribution is 0.174. The molecule has 0 saturated heterocycles. The van der Waals surface area contributed by atoms with E-state index >= 15 is 0 Å². The van der Waals surface area contributed by atoms with Gasteiger partial charge in [0.15, 0.2) is 0 Å². The Morgan fingerprint density at radius 2 is 1.95 bits per heavy atom. The molecule has 19 heavy (non-hydrogen) atoms. The molecule has 2 N–H and O–H groups in total. The van der Waals surface area contributed by atoms with E-state index in [4.69, 9.17) is 5.73 Å². The van der Waals surface area contributed by atoms with Crippen molar-refractivity contribution in [3.63, 3.8) is 0 Å². The standard InChI is InChI=1S/C15H24F2N2/c1-4-7-19(11-15(2,3)10-18)9-12-5-6-13(16)8-14(12)17/h5-6,8H,4,7,9-11,18H2,1-3H3. The normalized spacial score (nSPS) is 12.2. The molecule has 1 rings (SSSR count). The fraction of sp³-hybridized carbons (Fsp3) is 0.600. The summed E-state index contributed by atoms with van der Waals surface area (Å²) >= 11 is 0. The molecule has 0 aliphatic carbocycles. The Kier molecular flexibility index (Phi) is 5.88. The van der Waals surface area contributed by atoms with Crippen molar-refractivity contribution in [2.75, 3.05) is 19.6 Å². The van der Waals surface area contributed by atoms with Crippen LogP contribution in [0, 0.1) is 17.0 Å². The smallest absolute Gasteiger partial charge is 0.130 e. The number of halogens is 2. The summed E-state index contributed by atoms with van der Waals surface area (Å²) in [7, 11) is 0. The molecular formula is C15H24F2N2. The highest BCUT2D eigenvalue weighted by Crippen LogP contribution is 2.18. The van der Waals surface area contributed by atoms with Crippen molar-refractivity contribution in [1.82, 2.24) is 4.90 Å². The van der Waals surface area contributed by atoms with Crippen molar-refractivity contribution >= 4 is 0 Å². The highest BCUT2D eigenvalue weighted by Gasteiger charge is 2.20. The monoisotopic (exact) mass is 270 g/mol. The van der Waals surface area contributed by atoms with Crippen molar-refractivity contribution < 1.29 is 8.78 Å². The molecule has 0 unspecified atom stereocenters. The topological polar surface area (TPSA) is 29.3 Å². The summed E-state index contributed by atoms with van der Waals surface area (Å²) in [6.45, 7) is 9.02. The SMILES string of the molecule is CCCN(Cc1ccc(F)cc1F)CC(C)(C)CN.